The summed E-state index contributed by atoms with van der Waals surface area (Å²) in [6, 6.07) is 1.79. The third-order valence-electron chi connectivity index (χ3n) is 1.88. The predicted molar refractivity (Wildman–Crippen MR) is 67.2 cm³/mol. The number of aliphatic hydroxyl groups is 1. The quantitative estimate of drug-likeness (QED) is 0.682. The van der Waals surface area contributed by atoms with Crippen LogP contribution >= 0.6 is 23.1 Å². The highest BCUT2D eigenvalue weighted by Gasteiger charge is 2.10. The van der Waals surface area contributed by atoms with Crippen molar-refractivity contribution in [3.63, 3.8) is 0 Å². The zero-order chi connectivity index (χ0) is 12.7. The van der Waals surface area contributed by atoms with Crippen molar-refractivity contribution in [1.29, 1.82) is 0 Å². The van der Waals surface area contributed by atoms with Crippen LogP contribution in [0.4, 0.5) is 0 Å². The minimum absolute atomic E-state index is 0.0860. The van der Waals surface area contributed by atoms with Crippen LogP contribution in [-0.2, 0) is 9.59 Å². The Labute approximate surface area is 107 Å². The average Bonchev–Trinajstić information content (AvgIpc) is 2.78. The number of carbonyl (C=O) groups excluding carboxylic acids is 1. The number of thioether (sulfide) groups is 1. The lowest BCUT2D eigenvalue weighted by Gasteiger charge is -2.10. The van der Waals surface area contributed by atoms with Crippen LogP contribution in [0, 0.1) is 0 Å². The Morgan fingerprint density at radius 3 is 2.82 bits per heavy atom. The van der Waals surface area contributed by atoms with Gasteiger partial charge in [0.1, 0.15) is 0 Å². The van der Waals surface area contributed by atoms with Crippen LogP contribution in [0.15, 0.2) is 16.8 Å². The molecule has 0 aliphatic heterocycles. The predicted octanol–water partition coefficient (Wildman–Crippen LogP) is 0.716. The molecular weight excluding hydrogens is 262 g/mol. The van der Waals surface area contributed by atoms with Gasteiger partial charge in [0.2, 0.25) is 5.91 Å². The van der Waals surface area contributed by atoms with Gasteiger partial charge in [-0.05, 0) is 22.4 Å². The summed E-state index contributed by atoms with van der Waals surface area (Å²) < 4.78 is 0. The normalized spacial score (nSPS) is 12.1. The first-order valence-electron chi connectivity index (χ1n) is 4.86. The number of amides is 1. The van der Waals surface area contributed by atoms with Gasteiger partial charge in [0.15, 0.2) is 0 Å². The highest BCUT2D eigenvalue weighted by molar-refractivity contribution is 8.00. The number of aliphatic carboxylic acids is 1. The third-order valence-corrected chi connectivity index (χ3v) is 3.50. The third kappa shape index (κ3) is 5.71. The molecule has 0 saturated carbocycles. The lowest BCUT2D eigenvalue weighted by molar-refractivity contribution is -0.133. The van der Waals surface area contributed by atoms with E-state index in [-0.39, 0.29) is 24.0 Å². The van der Waals surface area contributed by atoms with Gasteiger partial charge in [-0.15, -0.1) is 11.8 Å². The molecule has 7 heteroatoms. The molecule has 17 heavy (non-hydrogen) atoms. The Hall–Kier alpha value is -1.05. The van der Waals surface area contributed by atoms with E-state index in [4.69, 9.17) is 5.11 Å². The lowest BCUT2D eigenvalue weighted by Crippen LogP contribution is -2.29. The van der Waals surface area contributed by atoms with E-state index in [1.165, 1.54) is 11.3 Å². The van der Waals surface area contributed by atoms with Crippen molar-refractivity contribution in [3.05, 3.63) is 22.4 Å². The summed E-state index contributed by atoms with van der Waals surface area (Å²) in [6.07, 6.45) is -0.713. The molecule has 0 spiro atoms. The molecule has 1 heterocycles. The average molecular weight is 275 g/mol. The number of rotatable bonds is 7. The van der Waals surface area contributed by atoms with Crippen molar-refractivity contribution >= 4 is 35.0 Å². The fourth-order valence-corrected chi connectivity index (χ4v) is 2.35. The summed E-state index contributed by atoms with van der Waals surface area (Å²) >= 11 is 2.50. The maximum atomic E-state index is 11.3. The number of hydrogen-bond acceptors (Lipinski definition) is 5. The van der Waals surface area contributed by atoms with Gasteiger partial charge in [0, 0.05) is 6.54 Å². The van der Waals surface area contributed by atoms with Crippen molar-refractivity contribution in [2.45, 2.75) is 6.10 Å². The van der Waals surface area contributed by atoms with Gasteiger partial charge in [0.05, 0.1) is 17.6 Å². The van der Waals surface area contributed by atoms with Crippen molar-refractivity contribution in [1.82, 2.24) is 5.32 Å². The molecule has 1 rings (SSSR count). The minimum atomic E-state index is -0.943. The van der Waals surface area contributed by atoms with E-state index in [1.807, 2.05) is 10.8 Å². The van der Waals surface area contributed by atoms with Gasteiger partial charge in [-0.3, -0.25) is 9.59 Å². The molecule has 0 fully saturated rings. The molecule has 0 radical (unpaired) electrons. The number of carboxylic acids is 1. The fraction of sp³-hybridized carbons (Fsp3) is 0.400. The molecule has 0 bridgehead atoms. The number of carboxylic acid groups (broad SMARTS) is 1. The summed E-state index contributed by atoms with van der Waals surface area (Å²) in [7, 11) is 0. The summed E-state index contributed by atoms with van der Waals surface area (Å²) in [5, 5.41) is 24.3. The molecular formula is C10H13NO4S2. The first-order chi connectivity index (χ1) is 8.09. The largest absolute Gasteiger partial charge is 0.481 e. The van der Waals surface area contributed by atoms with E-state index in [1.54, 1.807) is 6.07 Å². The van der Waals surface area contributed by atoms with Crippen LogP contribution in [0.2, 0.25) is 0 Å². The molecule has 1 unspecified atom stereocenters. The van der Waals surface area contributed by atoms with Crippen LogP contribution in [0.3, 0.4) is 0 Å². The number of nitrogens with one attached hydrogen (secondary N) is 1. The lowest BCUT2D eigenvalue weighted by atomic mass is 10.2. The Bertz CT molecular complexity index is 366. The second-order valence-corrected chi connectivity index (χ2v) is 5.03. The molecule has 1 amide bonds. The zero-order valence-electron chi connectivity index (χ0n) is 8.96. The van der Waals surface area contributed by atoms with Crippen molar-refractivity contribution < 1.29 is 19.8 Å². The SMILES string of the molecule is O=C(O)CSCC(=O)NCC(O)c1ccsc1. The topological polar surface area (TPSA) is 86.6 Å². The van der Waals surface area contributed by atoms with Crippen LogP contribution in [0.25, 0.3) is 0 Å². The Morgan fingerprint density at radius 2 is 2.24 bits per heavy atom. The molecule has 0 aliphatic rings. The first kappa shape index (κ1) is 14.0. The summed E-state index contributed by atoms with van der Waals surface area (Å²) in [5.74, 6) is -1.23. The van der Waals surface area contributed by atoms with Gasteiger partial charge in [-0.2, -0.15) is 11.3 Å². The second-order valence-electron chi connectivity index (χ2n) is 3.26. The van der Waals surface area contributed by atoms with Crippen LogP contribution in [0.5, 0.6) is 0 Å². The highest BCUT2D eigenvalue weighted by atomic mass is 32.2. The molecule has 0 aromatic carbocycles. The van der Waals surface area contributed by atoms with Gasteiger partial charge in [-0.25, -0.2) is 0 Å². The summed E-state index contributed by atoms with van der Waals surface area (Å²) in [4.78, 5) is 21.5. The number of hydrogen-bond donors (Lipinski definition) is 3. The standard InChI is InChI=1S/C10H13NO4S2/c12-8(7-1-2-16-4-7)3-11-9(13)5-17-6-10(14)15/h1-2,4,8,12H,3,5-6H2,(H,11,13)(H,14,15). The van der Waals surface area contributed by atoms with Crippen molar-refractivity contribution in [2.24, 2.45) is 0 Å². The van der Waals surface area contributed by atoms with Crippen LogP contribution in [0.1, 0.15) is 11.7 Å². The summed E-state index contributed by atoms with van der Waals surface area (Å²) in [6.45, 7) is 0.142. The van der Waals surface area contributed by atoms with E-state index in [0.717, 1.165) is 17.3 Å². The smallest absolute Gasteiger partial charge is 0.313 e. The van der Waals surface area contributed by atoms with Crippen LogP contribution < -0.4 is 5.32 Å². The Balaban J connectivity index is 2.17. The molecule has 3 N–H and O–H groups in total. The first-order valence-corrected chi connectivity index (χ1v) is 6.95. The van der Waals surface area contributed by atoms with Crippen molar-refractivity contribution in [2.75, 3.05) is 18.1 Å². The van der Waals surface area contributed by atoms with E-state index in [9.17, 15) is 14.7 Å². The van der Waals surface area contributed by atoms with E-state index >= 15 is 0 Å². The maximum absolute atomic E-state index is 11.3. The number of thiophene rings is 1. The van der Waals surface area contributed by atoms with Crippen molar-refractivity contribution in [3.8, 4) is 0 Å². The molecule has 1 atom stereocenters. The number of carbonyl (C=O) groups is 2. The molecule has 5 nitrogen and oxygen atoms in total. The monoisotopic (exact) mass is 275 g/mol. The highest BCUT2D eigenvalue weighted by Crippen LogP contribution is 2.15. The van der Waals surface area contributed by atoms with E-state index < -0.39 is 12.1 Å². The van der Waals surface area contributed by atoms with Crippen LogP contribution in [-0.4, -0.2) is 40.1 Å². The van der Waals surface area contributed by atoms with Gasteiger partial charge in [-0.1, -0.05) is 0 Å². The Kier molecular flexibility index (Phi) is 6.03. The zero-order valence-corrected chi connectivity index (χ0v) is 10.6. The fourth-order valence-electron chi connectivity index (χ4n) is 1.08. The Morgan fingerprint density at radius 1 is 1.47 bits per heavy atom. The van der Waals surface area contributed by atoms with E-state index in [2.05, 4.69) is 5.32 Å². The molecule has 0 saturated heterocycles. The second kappa shape index (κ2) is 7.31. The number of aliphatic hydroxyl groups excluding tert-OH is 1. The molecule has 1 aromatic heterocycles. The minimum Gasteiger partial charge on any atom is -0.481 e. The molecule has 0 aliphatic carbocycles. The van der Waals surface area contributed by atoms with Gasteiger partial charge < -0.3 is 15.5 Å². The van der Waals surface area contributed by atoms with Gasteiger partial charge in [0.25, 0.3) is 0 Å². The van der Waals surface area contributed by atoms with Gasteiger partial charge >= 0.3 is 5.97 Å². The molecule has 1 aromatic rings. The van der Waals surface area contributed by atoms with E-state index in [0.29, 0.717) is 0 Å². The molecule has 94 valence electrons. The summed E-state index contributed by atoms with van der Waals surface area (Å²) in [5.41, 5.74) is 0.772. The maximum Gasteiger partial charge on any atom is 0.313 e.